The molecule has 1 aliphatic rings. The zero-order valence-electron chi connectivity index (χ0n) is 11.5. The van der Waals surface area contributed by atoms with Crippen LogP contribution in [0.1, 0.15) is 25.0 Å². The van der Waals surface area contributed by atoms with Gasteiger partial charge in [-0.25, -0.2) is 0 Å². The summed E-state index contributed by atoms with van der Waals surface area (Å²) in [5.41, 5.74) is 2.49. The van der Waals surface area contributed by atoms with Gasteiger partial charge >= 0.3 is 0 Å². The quantitative estimate of drug-likeness (QED) is 0.753. The highest BCUT2D eigenvalue weighted by molar-refractivity contribution is 5.82. The van der Waals surface area contributed by atoms with E-state index in [0.29, 0.717) is 13.0 Å². The third-order valence-electron chi connectivity index (χ3n) is 3.65. The van der Waals surface area contributed by atoms with E-state index in [-0.39, 0.29) is 17.9 Å². The molecule has 0 aromatic heterocycles. The maximum absolute atomic E-state index is 12.1. The fourth-order valence-corrected chi connectivity index (χ4v) is 2.20. The van der Waals surface area contributed by atoms with Crippen molar-refractivity contribution in [1.29, 1.82) is 0 Å². The topological polar surface area (TPSA) is 61.4 Å². The highest BCUT2D eigenvalue weighted by Gasteiger charge is 2.24. The molecular formula is C15H22N2O2. The van der Waals surface area contributed by atoms with Gasteiger partial charge in [-0.1, -0.05) is 38.1 Å². The number of aliphatic hydroxyl groups excluding tert-OH is 1. The van der Waals surface area contributed by atoms with Gasteiger partial charge < -0.3 is 15.7 Å². The van der Waals surface area contributed by atoms with Crippen LogP contribution in [0, 0.1) is 5.92 Å². The first-order chi connectivity index (χ1) is 9.08. The van der Waals surface area contributed by atoms with Crippen molar-refractivity contribution >= 4 is 5.91 Å². The predicted molar refractivity (Wildman–Crippen MR) is 74.6 cm³/mol. The summed E-state index contributed by atoms with van der Waals surface area (Å²) in [4.78, 5) is 12.1. The van der Waals surface area contributed by atoms with Crippen molar-refractivity contribution in [3.05, 3.63) is 35.4 Å². The van der Waals surface area contributed by atoms with E-state index >= 15 is 0 Å². The molecule has 0 bridgehead atoms. The van der Waals surface area contributed by atoms with Crippen molar-refractivity contribution in [2.24, 2.45) is 5.92 Å². The van der Waals surface area contributed by atoms with Crippen molar-refractivity contribution in [2.75, 3.05) is 6.54 Å². The molecule has 2 atom stereocenters. The van der Waals surface area contributed by atoms with E-state index in [4.69, 9.17) is 0 Å². The molecule has 1 amide bonds. The molecule has 19 heavy (non-hydrogen) atoms. The fourth-order valence-electron chi connectivity index (χ4n) is 2.20. The Balaban J connectivity index is 1.89. The van der Waals surface area contributed by atoms with E-state index in [9.17, 15) is 9.90 Å². The predicted octanol–water partition coefficient (Wildman–Crippen LogP) is 0.834. The van der Waals surface area contributed by atoms with Gasteiger partial charge in [0.25, 0.3) is 0 Å². The van der Waals surface area contributed by atoms with E-state index in [0.717, 1.165) is 6.54 Å². The molecular weight excluding hydrogens is 240 g/mol. The first-order valence-electron chi connectivity index (χ1n) is 6.84. The smallest absolute Gasteiger partial charge is 0.237 e. The number of hydrogen-bond donors (Lipinski definition) is 3. The number of aliphatic hydroxyl groups is 1. The summed E-state index contributed by atoms with van der Waals surface area (Å²) in [5, 5.41) is 15.7. The summed E-state index contributed by atoms with van der Waals surface area (Å²) in [6.07, 6.45) is 0.222. The average Bonchev–Trinajstić information content (AvgIpc) is 2.43. The molecule has 1 heterocycles. The van der Waals surface area contributed by atoms with Gasteiger partial charge in [-0.2, -0.15) is 0 Å². The maximum Gasteiger partial charge on any atom is 0.237 e. The molecule has 0 radical (unpaired) electrons. The van der Waals surface area contributed by atoms with Gasteiger partial charge in [0.15, 0.2) is 0 Å². The molecule has 1 aromatic carbocycles. The number of carbonyl (C=O) groups is 1. The third kappa shape index (κ3) is 3.55. The van der Waals surface area contributed by atoms with Gasteiger partial charge in [-0.15, -0.1) is 0 Å². The molecule has 1 aliphatic heterocycles. The van der Waals surface area contributed by atoms with Crippen LogP contribution < -0.4 is 10.6 Å². The standard InChI is InChI=1S/C15H22N2O2/c1-10(2)14(18)9-17-15(19)13-7-11-5-3-4-6-12(11)8-16-13/h3-6,10,13-14,16,18H,7-9H2,1-2H3,(H,17,19)/t13-,14?/m0/s1. The Labute approximate surface area is 114 Å². The van der Waals surface area contributed by atoms with Gasteiger partial charge in [0.2, 0.25) is 5.91 Å². The largest absolute Gasteiger partial charge is 0.391 e. The van der Waals surface area contributed by atoms with Crippen molar-refractivity contribution in [3.63, 3.8) is 0 Å². The molecule has 104 valence electrons. The highest BCUT2D eigenvalue weighted by Crippen LogP contribution is 2.16. The van der Waals surface area contributed by atoms with Crippen molar-refractivity contribution in [2.45, 2.75) is 39.0 Å². The average molecular weight is 262 g/mol. The third-order valence-corrected chi connectivity index (χ3v) is 3.65. The molecule has 1 unspecified atom stereocenters. The second kappa shape index (κ2) is 6.17. The first-order valence-corrected chi connectivity index (χ1v) is 6.84. The van der Waals surface area contributed by atoms with Crippen LogP contribution in [-0.2, 0) is 17.8 Å². The Hall–Kier alpha value is -1.39. The fraction of sp³-hybridized carbons (Fsp3) is 0.533. The summed E-state index contributed by atoms with van der Waals surface area (Å²) in [6, 6.07) is 7.97. The molecule has 3 N–H and O–H groups in total. The molecule has 0 spiro atoms. The molecule has 0 saturated heterocycles. The number of nitrogens with one attached hydrogen (secondary N) is 2. The highest BCUT2D eigenvalue weighted by atomic mass is 16.3. The summed E-state index contributed by atoms with van der Waals surface area (Å²) >= 11 is 0. The van der Waals surface area contributed by atoms with Gasteiger partial charge in [0.05, 0.1) is 12.1 Å². The van der Waals surface area contributed by atoms with Crippen molar-refractivity contribution in [3.8, 4) is 0 Å². The van der Waals surface area contributed by atoms with E-state index in [1.807, 2.05) is 26.0 Å². The van der Waals surface area contributed by atoms with Crippen LogP contribution in [-0.4, -0.2) is 29.7 Å². The number of fused-ring (bicyclic) bond motifs is 1. The van der Waals surface area contributed by atoms with Crippen LogP contribution in [0.2, 0.25) is 0 Å². The summed E-state index contributed by atoms with van der Waals surface area (Å²) < 4.78 is 0. The Kier molecular flexibility index (Phi) is 4.56. The lowest BCUT2D eigenvalue weighted by atomic mass is 9.95. The number of amides is 1. The second-order valence-corrected chi connectivity index (χ2v) is 5.46. The molecule has 0 saturated carbocycles. The molecule has 0 fully saturated rings. The van der Waals surface area contributed by atoms with E-state index in [2.05, 4.69) is 22.8 Å². The monoisotopic (exact) mass is 262 g/mol. The van der Waals surface area contributed by atoms with E-state index < -0.39 is 6.10 Å². The van der Waals surface area contributed by atoms with Gasteiger partial charge in [0.1, 0.15) is 0 Å². The van der Waals surface area contributed by atoms with Gasteiger partial charge in [0, 0.05) is 13.1 Å². The minimum Gasteiger partial charge on any atom is -0.391 e. The Morgan fingerprint density at radius 1 is 1.42 bits per heavy atom. The van der Waals surface area contributed by atoms with Gasteiger partial charge in [-0.05, 0) is 23.5 Å². The van der Waals surface area contributed by atoms with Crippen LogP contribution in [0.4, 0.5) is 0 Å². The molecule has 2 rings (SSSR count). The SMILES string of the molecule is CC(C)C(O)CNC(=O)[C@@H]1Cc2ccccc2CN1. The number of rotatable bonds is 4. The van der Waals surface area contributed by atoms with Crippen LogP contribution in [0.5, 0.6) is 0 Å². The van der Waals surface area contributed by atoms with Crippen LogP contribution in [0.15, 0.2) is 24.3 Å². The second-order valence-electron chi connectivity index (χ2n) is 5.46. The normalized spacial score (nSPS) is 19.9. The molecule has 4 heteroatoms. The number of hydrogen-bond acceptors (Lipinski definition) is 3. The van der Waals surface area contributed by atoms with E-state index in [1.54, 1.807) is 0 Å². The number of carbonyl (C=O) groups excluding carboxylic acids is 1. The number of benzene rings is 1. The van der Waals surface area contributed by atoms with Crippen LogP contribution in [0.25, 0.3) is 0 Å². The molecule has 0 aliphatic carbocycles. The van der Waals surface area contributed by atoms with Gasteiger partial charge in [-0.3, -0.25) is 4.79 Å². The molecule has 1 aromatic rings. The van der Waals surface area contributed by atoms with Crippen molar-refractivity contribution < 1.29 is 9.90 Å². The zero-order valence-corrected chi connectivity index (χ0v) is 11.5. The summed E-state index contributed by atoms with van der Waals surface area (Å²) in [6.45, 7) is 4.91. The van der Waals surface area contributed by atoms with Crippen LogP contribution >= 0.6 is 0 Å². The van der Waals surface area contributed by atoms with Crippen LogP contribution in [0.3, 0.4) is 0 Å². The Morgan fingerprint density at radius 3 is 2.79 bits per heavy atom. The zero-order chi connectivity index (χ0) is 13.8. The van der Waals surface area contributed by atoms with E-state index in [1.165, 1.54) is 11.1 Å². The lowest BCUT2D eigenvalue weighted by Crippen LogP contribution is -2.49. The first kappa shape index (κ1) is 14.0. The Morgan fingerprint density at radius 2 is 2.11 bits per heavy atom. The lowest BCUT2D eigenvalue weighted by Gasteiger charge is -2.26. The Bertz CT molecular complexity index is 446. The molecule has 4 nitrogen and oxygen atoms in total. The minimum atomic E-state index is -0.486. The van der Waals surface area contributed by atoms with Crippen molar-refractivity contribution in [1.82, 2.24) is 10.6 Å². The maximum atomic E-state index is 12.1. The summed E-state index contributed by atoms with van der Waals surface area (Å²) in [7, 11) is 0. The summed E-state index contributed by atoms with van der Waals surface area (Å²) in [5.74, 6) is 0.120. The minimum absolute atomic E-state index is 0.0331. The lowest BCUT2D eigenvalue weighted by molar-refractivity contribution is -0.123.